The van der Waals surface area contributed by atoms with Gasteiger partial charge in [-0.05, 0) is 73.6 Å². The smallest absolute Gasteiger partial charge is 0.258 e. The van der Waals surface area contributed by atoms with Gasteiger partial charge in [0, 0.05) is 6.04 Å². The number of amides is 1. The highest BCUT2D eigenvalue weighted by Crippen LogP contribution is 2.25. The lowest BCUT2D eigenvalue weighted by atomic mass is 10.1. The van der Waals surface area contributed by atoms with Crippen LogP contribution in [0.15, 0.2) is 42.5 Å². The fourth-order valence-electron chi connectivity index (χ4n) is 3.31. The maximum atomic E-state index is 12.1. The van der Waals surface area contributed by atoms with Gasteiger partial charge < -0.3 is 14.8 Å². The van der Waals surface area contributed by atoms with Crippen LogP contribution >= 0.6 is 0 Å². The van der Waals surface area contributed by atoms with Gasteiger partial charge in [-0.2, -0.15) is 0 Å². The van der Waals surface area contributed by atoms with Crippen molar-refractivity contribution in [3.63, 3.8) is 0 Å². The number of hydrogen-bond acceptors (Lipinski definition) is 3. The third-order valence-corrected chi connectivity index (χ3v) is 4.52. The van der Waals surface area contributed by atoms with E-state index in [1.54, 1.807) is 7.11 Å². The van der Waals surface area contributed by atoms with Crippen LogP contribution in [0.3, 0.4) is 0 Å². The molecule has 0 saturated carbocycles. The van der Waals surface area contributed by atoms with E-state index in [1.807, 2.05) is 37.3 Å². The maximum Gasteiger partial charge on any atom is 0.258 e. The van der Waals surface area contributed by atoms with Crippen molar-refractivity contribution in [3.05, 3.63) is 59.2 Å². The molecular weight excluding hydrogens is 314 g/mol. The number of carbonyl (C=O) groups excluding carboxylic acids is 1. The zero-order valence-corrected chi connectivity index (χ0v) is 14.9. The molecule has 3 rings (SSSR count). The van der Waals surface area contributed by atoms with Crippen molar-refractivity contribution in [2.75, 3.05) is 13.7 Å². The number of ether oxygens (including phenoxy) is 2. The average molecular weight is 339 g/mol. The third-order valence-electron chi connectivity index (χ3n) is 4.52. The van der Waals surface area contributed by atoms with E-state index in [9.17, 15) is 4.79 Å². The zero-order valence-electron chi connectivity index (χ0n) is 14.9. The number of methoxy groups -OCH3 is 1. The Hall–Kier alpha value is -2.49. The number of hydrogen-bond donors (Lipinski definition) is 1. The van der Waals surface area contributed by atoms with Gasteiger partial charge in [0.25, 0.3) is 5.91 Å². The van der Waals surface area contributed by atoms with Gasteiger partial charge in [0.2, 0.25) is 0 Å². The summed E-state index contributed by atoms with van der Waals surface area (Å²) in [5, 5.41) is 2.98. The van der Waals surface area contributed by atoms with Crippen LogP contribution in [0.4, 0.5) is 0 Å². The number of fused-ring (bicyclic) bond motifs is 1. The third kappa shape index (κ3) is 4.75. The van der Waals surface area contributed by atoms with E-state index < -0.39 is 0 Å². The van der Waals surface area contributed by atoms with Gasteiger partial charge in [0.1, 0.15) is 11.5 Å². The lowest BCUT2D eigenvalue weighted by Gasteiger charge is -2.15. The molecule has 0 bridgehead atoms. The molecule has 0 saturated heterocycles. The monoisotopic (exact) mass is 339 g/mol. The Bertz CT molecular complexity index is 742. The second-order valence-corrected chi connectivity index (χ2v) is 6.60. The summed E-state index contributed by atoms with van der Waals surface area (Å²) in [6.45, 7) is 2.04. The van der Waals surface area contributed by atoms with Crippen molar-refractivity contribution in [1.29, 1.82) is 0 Å². The Balaban J connectivity index is 1.47. The molecule has 2 aromatic carbocycles. The van der Waals surface area contributed by atoms with Gasteiger partial charge in [-0.25, -0.2) is 0 Å². The van der Waals surface area contributed by atoms with Crippen LogP contribution in [0.2, 0.25) is 0 Å². The normalized spacial score (nSPS) is 13.8. The number of aryl methyl sites for hydroxylation is 2. The Morgan fingerprint density at radius 3 is 2.80 bits per heavy atom. The maximum absolute atomic E-state index is 12.1. The van der Waals surface area contributed by atoms with Crippen molar-refractivity contribution in [1.82, 2.24) is 5.32 Å². The van der Waals surface area contributed by atoms with Gasteiger partial charge in [-0.15, -0.1) is 0 Å². The van der Waals surface area contributed by atoms with Crippen LogP contribution in [0.1, 0.15) is 30.0 Å². The molecule has 0 aliphatic heterocycles. The van der Waals surface area contributed by atoms with Crippen molar-refractivity contribution in [2.45, 2.75) is 38.6 Å². The van der Waals surface area contributed by atoms with Crippen LogP contribution in [-0.4, -0.2) is 25.7 Å². The highest BCUT2D eigenvalue weighted by Gasteiger charge is 2.13. The molecule has 25 heavy (non-hydrogen) atoms. The van der Waals surface area contributed by atoms with Crippen molar-refractivity contribution >= 4 is 5.91 Å². The van der Waals surface area contributed by atoms with Crippen LogP contribution in [0, 0.1) is 0 Å². The quantitative estimate of drug-likeness (QED) is 0.842. The number of nitrogens with one attached hydrogen (secondary N) is 1. The number of benzene rings is 2. The summed E-state index contributed by atoms with van der Waals surface area (Å²) in [4.78, 5) is 12.1. The Morgan fingerprint density at radius 1 is 1.12 bits per heavy atom. The Kier molecular flexibility index (Phi) is 5.59. The highest BCUT2D eigenvalue weighted by atomic mass is 16.5. The van der Waals surface area contributed by atoms with Gasteiger partial charge in [0.05, 0.1) is 7.11 Å². The van der Waals surface area contributed by atoms with E-state index in [-0.39, 0.29) is 18.6 Å². The van der Waals surface area contributed by atoms with E-state index in [1.165, 1.54) is 17.5 Å². The van der Waals surface area contributed by atoms with Crippen LogP contribution in [0.5, 0.6) is 11.5 Å². The highest BCUT2D eigenvalue weighted by molar-refractivity contribution is 5.77. The molecule has 132 valence electrons. The van der Waals surface area contributed by atoms with Crippen molar-refractivity contribution < 1.29 is 14.3 Å². The van der Waals surface area contributed by atoms with E-state index >= 15 is 0 Å². The Labute approximate surface area is 149 Å². The molecule has 0 heterocycles. The van der Waals surface area contributed by atoms with Crippen molar-refractivity contribution in [3.8, 4) is 11.5 Å². The molecule has 1 amide bonds. The first kappa shape index (κ1) is 17.3. The first-order valence-electron chi connectivity index (χ1n) is 8.81. The van der Waals surface area contributed by atoms with Crippen molar-refractivity contribution in [2.24, 2.45) is 0 Å². The summed E-state index contributed by atoms with van der Waals surface area (Å²) in [5.74, 6) is 1.50. The first-order chi connectivity index (χ1) is 12.1. The summed E-state index contributed by atoms with van der Waals surface area (Å²) in [6, 6.07) is 14.1. The van der Waals surface area contributed by atoms with Crippen LogP contribution in [-0.2, 0) is 24.1 Å². The van der Waals surface area contributed by atoms with Crippen LogP contribution in [0.25, 0.3) is 0 Å². The molecule has 1 aliphatic rings. The molecule has 1 unspecified atom stereocenters. The van der Waals surface area contributed by atoms with Crippen LogP contribution < -0.4 is 14.8 Å². The minimum absolute atomic E-state index is 0.0308. The SMILES string of the molecule is COc1cccc(CC(C)NC(=O)COc2ccc3c(c2)CCC3)c1. The number of carbonyl (C=O) groups is 1. The molecule has 1 aliphatic carbocycles. The predicted molar refractivity (Wildman–Crippen MR) is 98.3 cm³/mol. The second-order valence-electron chi connectivity index (χ2n) is 6.60. The fraction of sp³-hybridized carbons (Fsp3) is 0.381. The van der Waals surface area contributed by atoms with Gasteiger partial charge >= 0.3 is 0 Å². The van der Waals surface area contributed by atoms with Gasteiger partial charge in [0.15, 0.2) is 6.61 Å². The van der Waals surface area contributed by atoms with E-state index in [0.29, 0.717) is 0 Å². The summed E-state index contributed by atoms with van der Waals surface area (Å²) in [6.07, 6.45) is 4.22. The lowest BCUT2D eigenvalue weighted by Crippen LogP contribution is -2.37. The van der Waals surface area contributed by atoms with E-state index in [0.717, 1.165) is 36.3 Å². The molecule has 2 aromatic rings. The Morgan fingerprint density at radius 2 is 1.96 bits per heavy atom. The summed E-state index contributed by atoms with van der Waals surface area (Å²) < 4.78 is 10.9. The molecule has 4 heteroatoms. The van der Waals surface area contributed by atoms with Gasteiger partial charge in [-0.1, -0.05) is 18.2 Å². The summed E-state index contributed by atoms with van der Waals surface area (Å²) in [7, 11) is 1.65. The zero-order chi connectivity index (χ0) is 17.6. The predicted octanol–water partition coefficient (Wildman–Crippen LogP) is 3.31. The topological polar surface area (TPSA) is 47.6 Å². The van der Waals surface area contributed by atoms with Gasteiger partial charge in [-0.3, -0.25) is 4.79 Å². The molecule has 1 atom stereocenters. The molecule has 0 aromatic heterocycles. The summed E-state index contributed by atoms with van der Waals surface area (Å²) >= 11 is 0. The molecule has 1 N–H and O–H groups in total. The fourth-order valence-corrected chi connectivity index (χ4v) is 3.31. The summed E-state index contributed by atoms with van der Waals surface area (Å²) in [5.41, 5.74) is 3.89. The second kappa shape index (κ2) is 8.06. The molecule has 0 fully saturated rings. The molecule has 4 nitrogen and oxygen atoms in total. The van der Waals surface area contributed by atoms with E-state index in [2.05, 4.69) is 17.4 Å². The number of rotatable bonds is 7. The molecule has 0 spiro atoms. The largest absolute Gasteiger partial charge is 0.497 e. The minimum Gasteiger partial charge on any atom is -0.497 e. The first-order valence-corrected chi connectivity index (χ1v) is 8.81. The lowest BCUT2D eigenvalue weighted by molar-refractivity contribution is -0.123. The molecule has 0 radical (unpaired) electrons. The molecular formula is C21H25NO3. The average Bonchev–Trinajstić information content (AvgIpc) is 3.07. The van der Waals surface area contributed by atoms with E-state index in [4.69, 9.17) is 9.47 Å². The standard InChI is InChI=1S/C21H25NO3/c1-15(11-16-5-3-8-19(12-16)24-2)22-21(23)14-25-20-10-9-17-6-4-7-18(17)13-20/h3,5,8-10,12-13,15H,4,6-7,11,14H2,1-2H3,(H,22,23). The minimum atomic E-state index is -0.101.